The average Bonchev–Trinajstić information content (AvgIpc) is 2.80. The number of hydrogen-bond acceptors (Lipinski definition) is 1. The minimum absolute atomic E-state index is 0.713. The molecule has 2 heteroatoms. The lowest BCUT2D eigenvalue weighted by Gasteiger charge is -2.38. The highest BCUT2D eigenvalue weighted by molar-refractivity contribution is 5.26. The van der Waals surface area contributed by atoms with Gasteiger partial charge in [0.2, 0.25) is 0 Å². The summed E-state index contributed by atoms with van der Waals surface area (Å²) in [7, 11) is 0. The van der Waals surface area contributed by atoms with Crippen LogP contribution in [-0.2, 0) is 6.42 Å². The summed E-state index contributed by atoms with van der Waals surface area (Å²) in [5.41, 5.74) is 3.04. The average molecular weight is 408 g/mol. The normalized spacial score (nSPS) is 27.8. The van der Waals surface area contributed by atoms with Crippen LogP contribution in [-0.4, -0.2) is 0 Å². The molecule has 0 N–H and O–H groups in total. The Balaban J connectivity index is 1.36. The van der Waals surface area contributed by atoms with Crippen molar-refractivity contribution in [2.75, 3.05) is 0 Å². The molecule has 1 aromatic carbocycles. The highest BCUT2D eigenvalue weighted by atomic mass is 19.1. The van der Waals surface area contributed by atoms with E-state index >= 15 is 0 Å². The smallest absolute Gasteiger partial charge is 0.195 e. The van der Waals surface area contributed by atoms with E-state index in [4.69, 9.17) is 5.26 Å². The lowest BCUT2D eigenvalue weighted by atomic mass is 9.68. The van der Waals surface area contributed by atoms with Crippen molar-refractivity contribution < 1.29 is 4.39 Å². The summed E-state index contributed by atoms with van der Waals surface area (Å²) in [6.45, 7) is 2.25. The summed E-state index contributed by atoms with van der Waals surface area (Å²) in [6.07, 6.45) is 20.6. The van der Waals surface area contributed by atoms with Gasteiger partial charge < -0.3 is 0 Å². The largest absolute Gasteiger partial charge is 0.199 e. The number of nitrogens with zero attached hydrogens (tertiary/aromatic N) is 1. The third kappa shape index (κ3) is 6.83. The van der Waals surface area contributed by atoms with E-state index in [-0.39, 0.29) is 0 Å². The summed E-state index contributed by atoms with van der Waals surface area (Å²) in [6, 6.07) is 11.0. The van der Waals surface area contributed by atoms with Crippen LogP contribution in [0, 0.1) is 29.1 Å². The predicted octanol–water partition coefficient (Wildman–Crippen LogP) is 8.43. The molecule has 0 bridgehead atoms. The van der Waals surface area contributed by atoms with Gasteiger partial charge in [-0.25, -0.2) is 0 Å². The van der Waals surface area contributed by atoms with Crippen molar-refractivity contribution >= 4 is 0 Å². The molecule has 0 aliphatic heterocycles. The molecular formula is C28H38FN. The number of nitriles is 1. The van der Waals surface area contributed by atoms with Gasteiger partial charge in [0, 0.05) is 0 Å². The van der Waals surface area contributed by atoms with E-state index in [9.17, 15) is 4.39 Å². The second kappa shape index (κ2) is 12.1. The fourth-order valence-electron chi connectivity index (χ4n) is 5.74. The first-order chi connectivity index (χ1) is 14.7. The molecule has 30 heavy (non-hydrogen) atoms. The van der Waals surface area contributed by atoms with Gasteiger partial charge in [-0.05, 0) is 98.7 Å². The van der Waals surface area contributed by atoms with E-state index < -0.39 is 5.83 Å². The molecule has 0 atom stereocenters. The van der Waals surface area contributed by atoms with E-state index in [1.165, 1.54) is 88.3 Å². The van der Waals surface area contributed by atoms with Crippen LogP contribution in [0.1, 0.15) is 94.6 Å². The summed E-state index contributed by atoms with van der Waals surface area (Å²) < 4.78 is 12.7. The molecule has 162 valence electrons. The van der Waals surface area contributed by atoms with Crippen molar-refractivity contribution in [2.45, 2.75) is 89.9 Å². The number of benzene rings is 1. The second-order valence-electron chi connectivity index (χ2n) is 9.52. The van der Waals surface area contributed by atoms with Gasteiger partial charge >= 0.3 is 0 Å². The summed E-state index contributed by atoms with van der Waals surface area (Å²) in [5, 5.41) is 8.40. The molecule has 0 aromatic heterocycles. The van der Waals surface area contributed by atoms with Crippen LogP contribution in [0.4, 0.5) is 4.39 Å². The molecule has 1 aromatic rings. The molecule has 3 rings (SSSR count). The first-order valence-electron chi connectivity index (χ1n) is 12.2. The van der Waals surface area contributed by atoms with E-state index in [0.29, 0.717) is 0 Å². The Morgan fingerprint density at radius 1 is 1.00 bits per heavy atom. The van der Waals surface area contributed by atoms with Crippen LogP contribution >= 0.6 is 0 Å². The highest BCUT2D eigenvalue weighted by Crippen LogP contribution is 2.44. The first kappa shape index (κ1) is 22.8. The van der Waals surface area contributed by atoms with Gasteiger partial charge in [0.1, 0.15) is 6.07 Å². The van der Waals surface area contributed by atoms with Crippen LogP contribution in [0.3, 0.4) is 0 Å². The van der Waals surface area contributed by atoms with Gasteiger partial charge in [-0.2, -0.15) is 9.65 Å². The number of allylic oxidation sites excluding steroid dienone is 4. The Bertz CT molecular complexity index is 723. The van der Waals surface area contributed by atoms with Crippen molar-refractivity contribution in [2.24, 2.45) is 17.8 Å². The molecule has 0 spiro atoms. The van der Waals surface area contributed by atoms with E-state index in [0.717, 1.165) is 30.1 Å². The molecule has 2 saturated carbocycles. The SMILES string of the molecule is CCCc1ccc(C2CCC(C3CCC(CC/C=C/C=C(\F)C#N)CC3)CC2)cc1. The third-order valence-corrected chi connectivity index (χ3v) is 7.55. The monoisotopic (exact) mass is 407 g/mol. The standard InChI is InChI=1S/C28H38FN/c1-2-6-22-9-13-24(14-10-22)26-17-19-27(20-18-26)25-15-11-23(12-16-25)7-4-3-5-8-28(29)21-30/h3,5,8-10,13-14,23,25-27H,2,4,6-7,11-12,15-20H2,1H3/b5-3+,28-8-. The van der Waals surface area contributed by atoms with Gasteiger partial charge in [0.25, 0.3) is 0 Å². The van der Waals surface area contributed by atoms with Gasteiger partial charge in [-0.3, -0.25) is 0 Å². The maximum absolute atomic E-state index is 12.7. The molecule has 0 unspecified atom stereocenters. The number of rotatable bonds is 8. The summed E-state index contributed by atoms with van der Waals surface area (Å²) in [4.78, 5) is 0. The third-order valence-electron chi connectivity index (χ3n) is 7.55. The Morgan fingerprint density at radius 3 is 2.23 bits per heavy atom. The quantitative estimate of drug-likeness (QED) is 0.313. The molecule has 2 fully saturated rings. The maximum atomic E-state index is 12.7. The fraction of sp³-hybridized carbons (Fsp3) is 0.607. The van der Waals surface area contributed by atoms with Crippen molar-refractivity contribution in [3.05, 3.63) is 59.4 Å². The number of hydrogen-bond donors (Lipinski definition) is 0. The van der Waals surface area contributed by atoms with E-state index in [1.807, 2.05) is 6.08 Å². The van der Waals surface area contributed by atoms with Crippen molar-refractivity contribution in [3.63, 3.8) is 0 Å². The topological polar surface area (TPSA) is 23.8 Å². The van der Waals surface area contributed by atoms with Crippen LogP contribution < -0.4 is 0 Å². The molecular weight excluding hydrogens is 369 g/mol. The summed E-state index contributed by atoms with van der Waals surface area (Å²) >= 11 is 0. The zero-order valence-electron chi connectivity index (χ0n) is 18.7. The minimum atomic E-state index is -0.713. The number of halogens is 1. The second-order valence-corrected chi connectivity index (χ2v) is 9.52. The van der Waals surface area contributed by atoms with Crippen molar-refractivity contribution in [1.82, 2.24) is 0 Å². The molecule has 0 radical (unpaired) electrons. The fourth-order valence-corrected chi connectivity index (χ4v) is 5.74. The van der Waals surface area contributed by atoms with E-state index in [2.05, 4.69) is 31.2 Å². The maximum Gasteiger partial charge on any atom is 0.199 e. The van der Waals surface area contributed by atoms with Gasteiger partial charge in [-0.15, -0.1) is 0 Å². The summed E-state index contributed by atoms with van der Waals surface area (Å²) in [5.74, 6) is 2.78. The Hall–Kier alpha value is -1.88. The lowest BCUT2D eigenvalue weighted by molar-refractivity contribution is 0.157. The van der Waals surface area contributed by atoms with Crippen LogP contribution in [0.25, 0.3) is 0 Å². The predicted molar refractivity (Wildman–Crippen MR) is 124 cm³/mol. The van der Waals surface area contributed by atoms with Crippen molar-refractivity contribution in [1.29, 1.82) is 5.26 Å². The number of aryl methyl sites for hydroxylation is 1. The van der Waals surface area contributed by atoms with E-state index in [1.54, 1.807) is 11.6 Å². The zero-order valence-corrected chi connectivity index (χ0v) is 18.7. The van der Waals surface area contributed by atoms with Crippen LogP contribution in [0.2, 0.25) is 0 Å². The first-order valence-corrected chi connectivity index (χ1v) is 12.2. The van der Waals surface area contributed by atoms with Gasteiger partial charge in [0.05, 0.1) is 0 Å². The molecule has 2 aliphatic carbocycles. The Kier molecular flexibility index (Phi) is 9.19. The highest BCUT2D eigenvalue weighted by Gasteiger charge is 2.31. The molecule has 2 aliphatic rings. The van der Waals surface area contributed by atoms with Gasteiger partial charge in [0.15, 0.2) is 5.83 Å². The minimum Gasteiger partial charge on any atom is -0.195 e. The molecule has 0 heterocycles. The lowest BCUT2D eigenvalue weighted by Crippen LogP contribution is -2.25. The molecule has 0 saturated heterocycles. The van der Waals surface area contributed by atoms with Crippen LogP contribution in [0.15, 0.2) is 48.3 Å². The Labute approximate surface area is 183 Å². The van der Waals surface area contributed by atoms with Crippen molar-refractivity contribution in [3.8, 4) is 6.07 Å². The van der Waals surface area contributed by atoms with Crippen LogP contribution in [0.5, 0.6) is 0 Å². The molecule has 1 nitrogen and oxygen atoms in total. The zero-order chi connectivity index (χ0) is 21.2. The van der Waals surface area contributed by atoms with Gasteiger partial charge in [-0.1, -0.05) is 62.6 Å². The Morgan fingerprint density at radius 2 is 1.63 bits per heavy atom. The molecule has 0 amide bonds.